The largest absolute Gasteiger partial charge is 0.507 e. The van der Waals surface area contributed by atoms with Crippen LogP contribution in [0.15, 0.2) is 47.5 Å². The molecule has 3 amide bonds. The van der Waals surface area contributed by atoms with Gasteiger partial charge in [0.2, 0.25) is 5.91 Å². The molecule has 2 aromatic carbocycles. The first-order valence-electron chi connectivity index (χ1n) is 17.5. The first-order valence-corrected chi connectivity index (χ1v) is 17.5. The van der Waals surface area contributed by atoms with Crippen LogP contribution in [0.5, 0.6) is 5.75 Å². The van der Waals surface area contributed by atoms with Crippen LogP contribution in [0, 0.1) is 19.8 Å². The Morgan fingerprint density at radius 3 is 2.35 bits per heavy atom. The van der Waals surface area contributed by atoms with E-state index in [0.717, 1.165) is 80.7 Å². The Hall–Kier alpha value is -3.96. The molecule has 0 spiro atoms. The number of hydrogen-bond acceptors (Lipinski definition) is 8. The summed E-state index contributed by atoms with van der Waals surface area (Å²) in [5, 5.41) is 13.2. The van der Waals surface area contributed by atoms with E-state index in [1.807, 2.05) is 61.2 Å². The van der Waals surface area contributed by atoms with Gasteiger partial charge in [0.1, 0.15) is 17.6 Å². The minimum absolute atomic E-state index is 0.0611. The molecule has 0 radical (unpaired) electrons. The molecule has 2 aromatic rings. The number of piperidine rings is 1. The highest BCUT2D eigenvalue weighted by Crippen LogP contribution is 2.27. The van der Waals surface area contributed by atoms with Crippen LogP contribution in [0.3, 0.4) is 0 Å². The van der Waals surface area contributed by atoms with Crippen LogP contribution in [0.25, 0.3) is 0 Å². The van der Waals surface area contributed by atoms with E-state index in [0.29, 0.717) is 50.4 Å². The van der Waals surface area contributed by atoms with Crippen LogP contribution in [0.4, 0.5) is 4.79 Å². The Morgan fingerprint density at radius 2 is 1.69 bits per heavy atom. The normalized spacial score (nSPS) is 23.0. The van der Waals surface area contributed by atoms with E-state index in [9.17, 15) is 19.5 Å². The number of aliphatic imine (C=N–C) groups is 1. The number of amides is 3. The monoisotopic (exact) mass is 659 g/mol. The molecule has 0 bridgehead atoms. The summed E-state index contributed by atoms with van der Waals surface area (Å²) in [6.45, 7) is 9.01. The fourth-order valence-electron chi connectivity index (χ4n) is 7.46. The molecule has 2 unspecified atom stereocenters. The second kappa shape index (κ2) is 15.5. The number of amidine groups is 1. The van der Waals surface area contributed by atoms with Crippen molar-refractivity contribution in [2.45, 2.75) is 77.0 Å². The fourth-order valence-corrected chi connectivity index (χ4v) is 7.46. The number of hydrogen-bond donors (Lipinski definition) is 2. The molecular weight excluding hydrogens is 610 g/mol. The van der Waals surface area contributed by atoms with E-state index in [1.54, 1.807) is 4.90 Å². The molecule has 11 heteroatoms. The van der Waals surface area contributed by atoms with E-state index in [1.165, 1.54) is 0 Å². The Kier molecular flexibility index (Phi) is 11.0. The molecule has 258 valence electrons. The van der Waals surface area contributed by atoms with Crippen LogP contribution in [-0.4, -0.2) is 114 Å². The zero-order chi connectivity index (χ0) is 33.6. The predicted octanol–water partition coefficient (Wildman–Crippen LogP) is 3.82. The van der Waals surface area contributed by atoms with E-state index < -0.39 is 12.2 Å². The number of ether oxygens (including phenoxy) is 2. The van der Waals surface area contributed by atoms with Gasteiger partial charge < -0.3 is 29.7 Å². The Bertz CT molecular complexity index is 1450. The van der Waals surface area contributed by atoms with Crippen molar-refractivity contribution in [2.24, 2.45) is 10.9 Å². The maximum absolute atomic E-state index is 13.9. The minimum Gasteiger partial charge on any atom is -0.507 e. The number of piperazine rings is 1. The molecule has 3 saturated heterocycles. The van der Waals surface area contributed by atoms with Gasteiger partial charge >= 0.3 is 6.09 Å². The summed E-state index contributed by atoms with van der Waals surface area (Å²) in [6, 6.07) is 13.4. The lowest BCUT2D eigenvalue weighted by Gasteiger charge is -2.41. The van der Waals surface area contributed by atoms with Crippen LogP contribution in [0.2, 0.25) is 0 Å². The standard InChI is InChI=1S/C37H49N5O6/c1-25-21-28(22-26(2)33(25)43)23-32(36(45)41-18-16-40(17-19-41)30-9-6-20-47-24-30)48-37(46)42-14-12-27(13-15-42)10-11-31-35(44)39-34(38-31)29-7-4-3-5-8-29/h3-5,7-8,21-22,27,30-32,43H,6,9-20,23-24H2,1-2H3,(H,38,39,44)/t30?,31?,32-/m1/s1. The quantitative estimate of drug-likeness (QED) is 0.420. The van der Waals surface area contributed by atoms with Gasteiger partial charge in [0.05, 0.1) is 6.61 Å². The Labute approximate surface area is 283 Å². The maximum Gasteiger partial charge on any atom is 0.410 e. The summed E-state index contributed by atoms with van der Waals surface area (Å²) in [5.41, 5.74) is 3.21. The van der Waals surface area contributed by atoms with Gasteiger partial charge in [-0.05, 0) is 75.0 Å². The van der Waals surface area contributed by atoms with Crippen LogP contribution < -0.4 is 5.32 Å². The third-order valence-corrected chi connectivity index (χ3v) is 10.4. The Morgan fingerprint density at radius 1 is 0.979 bits per heavy atom. The lowest BCUT2D eigenvalue weighted by molar-refractivity contribution is -0.143. The molecule has 0 aliphatic carbocycles. The Balaban J connectivity index is 1.03. The van der Waals surface area contributed by atoms with Gasteiger partial charge in [0.25, 0.3) is 5.91 Å². The van der Waals surface area contributed by atoms with Crippen molar-refractivity contribution in [3.63, 3.8) is 0 Å². The van der Waals surface area contributed by atoms with Crippen LogP contribution >= 0.6 is 0 Å². The fraction of sp³-hybridized carbons (Fsp3) is 0.568. The smallest absolute Gasteiger partial charge is 0.410 e. The van der Waals surface area contributed by atoms with Crippen molar-refractivity contribution in [2.75, 3.05) is 52.5 Å². The molecule has 3 fully saturated rings. The summed E-state index contributed by atoms with van der Waals surface area (Å²) >= 11 is 0. The van der Waals surface area contributed by atoms with Gasteiger partial charge in [-0.25, -0.2) is 4.79 Å². The third kappa shape index (κ3) is 8.18. The second-order valence-corrected chi connectivity index (χ2v) is 13.7. The zero-order valence-electron chi connectivity index (χ0n) is 28.2. The average Bonchev–Trinajstić information content (AvgIpc) is 3.50. The summed E-state index contributed by atoms with van der Waals surface area (Å²) in [5.74, 6) is 1.01. The van der Waals surface area contributed by atoms with Crippen molar-refractivity contribution in [1.29, 1.82) is 0 Å². The maximum atomic E-state index is 13.9. The van der Waals surface area contributed by atoms with Crippen LogP contribution in [-0.2, 0) is 25.5 Å². The van der Waals surface area contributed by atoms with Crippen molar-refractivity contribution >= 4 is 23.7 Å². The number of aryl methyl sites for hydroxylation is 2. The molecule has 6 rings (SSSR count). The molecule has 0 saturated carbocycles. The second-order valence-electron chi connectivity index (χ2n) is 13.7. The number of nitrogens with one attached hydrogen (secondary N) is 1. The highest BCUT2D eigenvalue weighted by Gasteiger charge is 2.35. The molecule has 0 aromatic heterocycles. The van der Waals surface area contributed by atoms with Gasteiger partial charge in [0.15, 0.2) is 6.10 Å². The molecule has 48 heavy (non-hydrogen) atoms. The van der Waals surface area contributed by atoms with Gasteiger partial charge in [-0.1, -0.05) is 42.5 Å². The average molecular weight is 660 g/mol. The van der Waals surface area contributed by atoms with E-state index in [2.05, 4.69) is 15.2 Å². The molecule has 4 aliphatic rings. The van der Waals surface area contributed by atoms with Crippen LogP contribution in [0.1, 0.15) is 60.8 Å². The number of carbonyl (C=O) groups excluding carboxylic acids is 3. The molecule has 3 atom stereocenters. The van der Waals surface area contributed by atoms with E-state index in [4.69, 9.17) is 9.47 Å². The first-order chi connectivity index (χ1) is 23.2. The number of phenols is 1. The SMILES string of the molecule is Cc1cc(C[C@@H](OC(=O)N2CCC(CCC3N=C(c4ccccc4)NC3=O)CC2)C(=O)N2CCN(C3CCCOC3)CC2)cc(C)c1O. The summed E-state index contributed by atoms with van der Waals surface area (Å²) in [4.78, 5) is 50.6. The topological polar surface area (TPSA) is 124 Å². The summed E-state index contributed by atoms with van der Waals surface area (Å²) < 4.78 is 11.7. The molecule has 11 nitrogen and oxygen atoms in total. The van der Waals surface area contributed by atoms with Gasteiger partial charge in [0, 0.05) is 63.9 Å². The zero-order valence-corrected chi connectivity index (χ0v) is 28.2. The number of phenolic OH excluding ortho intramolecular Hbond substituents is 1. The number of rotatable bonds is 9. The first kappa shape index (κ1) is 33.9. The highest BCUT2D eigenvalue weighted by molar-refractivity contribution is 6.13. The molecule has 4 aliphatic heterocycles. The number of likely N-dealkylation sites (tertiary alicyclic amines) is 1. The van der Waals surface area contributed by atoms with E-state index in [-0.39, 0.29) is 30.0 Å². The van der Waals surface area contributed by atoms with Crippen molar-refractivity contribution < 1.29 is 29.0 Å². The number of benzene rings is 2. The molecule has 4 heterocycles. The molecular formula is C37H49N5O6. The number of aromatic hydroxyl groups is 1. The summed E-state index contributed by atoms with van der Waals surface area (Å²) in [7, 11) is 0. The molecule has 2 N–H and O–H groups in total. The van der Waals surface area contributed by atoms with Gasteiger partial charge in [-0.15, -0.1) is 0 Å². The highest BCUT2D eigenvalue weighted by atomic mass is 16.6. The predicted molar refractivity (Wildman–Crippen MR) is 182 cm³/mol. The van der Waals surface area contributed by atoms with Gasteiger partial charge in [-0.2, -0.15) is 0 Å². The minimum atomic E-state index is -0.958. The van der Waals surface area contributed by atoms with Crippen molar-refractivity contribution in [3.8, 4) is 5.75 Å². The van der Waals surface area contributed by atoms with Crippen molar-refractivity contribution in [3.05, 3.63) is 64.7 Å². The lowest BCUT2D eigenvalue weighted by Crippen LogP contribution is -2.56. The van der Waals surface area contributed by atoms with Crippen molar-refractivity contribution in [1.82, 2.24) is 20.0 Å². The van der Waals surface area contributed by atoms with Gasteiger partial charge in [-0.3, -0.25) is 19.5 Å². The summed E-state index contributed by atoms with van der Waals surface area (Å²) in [6.07, 6.45) is 4.13. The number of nitrogens with zero attached hydrogens (tertiary/aromatic N) is 4. The number of carbonyl (C=O) groups is 3. The van der Waals surface area contributed by atoms with E-state index >= 15 is 0 Å². The lowest BCUT2D eigenvalue weighted by atomic mass is 9.91. The third-order valence-electron chi connectivity index (χ3n) is 10.4.